The molecule has 0 aromatic heterocycles. The summed E-state index contributed by atoms with van der Waals surface area (Å²) in [5.74, 6) is -1.15. The van der Waals surface area contributed by atoms with E-state index in [1.54, 1.807) is 49.5 Å². The number of nitrogens with one attached hydrogen (secondary N) is 1. The maximum atomic E-state index is 13.9. The third-order valence-electron chi connectivity index (χ3n) is 5.85. The van der Waals surface area contributed by atoms with Crippen molar-refractivity contribution in [3.8, 4) is 0 Å². The van der Waals surface area contributed by atoms with Crippen LogP contribution in [0.3, 0.4) is 0 Å². The number of hydrogen-bond donors (Lipinski definition) is 1. The average Bonchev–Trinajstić information content (AvgIpc) is 3.21. The maximum Gasteiger partial charge on any atom is 0.262 e. The van der Waals surface area contributed by atoms with E-state index in [-0.39, 0.29) is 36.5 Å². The number of aliphatic imine (C=N–C) groups is 1. The average molecular weight is 483 g/mol. The number of amidine groups is 1. The Kier molecular flexibility index (Phi) is 7.62. The summed E-state index contributed by atoms with van der Waals surface area (Å²) in [6.45, 7) is 1.95. The molecule has 3 amide bonds. The molecule has 2 aliphatic heterocycles. The van der Waals surface area contributed by atoms with Gasteiger partial charge in [0.1, 0.15) is 11.1 Å². The summed E-state index contributed by atoms with van der Waals surface area (Å²) < 4.78 is 13.9. The van der Waals surface area contributed by atoms with E-state index in [2.05, 4.69) is 15.2 Å². The van der Waals surface area contributed by atoms with Crippen molar-refractivity contribution in [1.82, 2.24) is 9.80 Å². The molecule has 0 aliphatic carbocycles. The molecule has 7 nitrogen and oxygen atoms in total. The van der Waals surface area contributed by atoms with E-state index in [0.717, 1.165) is 31.1 Å². The molecule has 2 heterocycles. The van der Waals surface area contributed by atoms with Crippen LogP contribution in [0.4, 0.5) is 10.1 Å². The lowest BCUT2D eigenvalue weighted by molar-refractivity contribution is -0.121. The van der Waals surface area contributed by atoms with Crippen molar-refractivity contribution in [1.29, 1.82) is 0 Å². The first-order chi connectivity index (χ1) is 16.4. The Bertz CT molecular complexity index is 1100. The SMILES string of the molecule is CN(Cc1ccccc1F)C(=O)c1ccc(NC(=O)C[C@H]2SC(N3CCCCC3)=NC2=O)cc1. The minimum absolute atomic E-state index is 0.0381. The number of hydrogen-bond acceptors (Lipinski definition) is 5. The monoisotopic (exact) mass is 482 g/mol. The van der Waals surface area contributed by atoms with Crippen molar-refractivity contribution in [2.45, 2.75) is 37.5 Å². The Hall–Kier alpha value is -3.20. The van der Waals surface area contributed by atoms with Gasteiger partial charge in [-0.15, -0.1) is 0 Å². The first-order valence-corrected chi connectivity index (χ1v) is 12.2. The smallest absolute Gasteiger partial charge is 0.262 e. The van der Waals surface area contributed by atoms with Crippen molar-refractivity contribution in [2.75, 3.05) is 25.5 Å². The first-order valence-electron chi connectivity index (χ1n) is 11.3. The number of carbonyl (C=O) groups excluding carboxylic acids is 3. The molecule has 1 atom stereocenters. The molecule has 9 heteroatoms. The fraction of sp³-hybridized carbons (Fsp3) is 0.360. The molecule has 0 spiro atoms. The van der Waals surface area contributed by atoms with Gasteiger partial charge < -0.3 is 15.1 Å². The minimum Gasteiger partial charge on any atom is -0.351 e. The summed E-state index contributed by atoms with van der Waals surface area (Å²) in [5, 5.41) is 3.00. The molecule has 4 rings (SSSR count). The lowest BCUT2D eigenvalue weighted by Gasteiger charge is -2.27. The van der Waals surface area contributed by atoms with Crippen molar-refractivity contribution in [3.63, 3.8) is 0 Å². The highest BCUT2D eigenvalue weighted by molar-refractivity contribution is 8.15. The number of anilines is 1. The van der Waals surface area contributed by atoms with Gasteiger partial charge in [-0.2, -0.15) is 4.99 Å². The highest BCUT2D eigenvalue weighted by Gasteiger charge is 2.33. The highest BCUT2D eigenvalue weighted by atomic mass is 32.2. The molecule has 0 bridgehead atoms. The molecule has 34 heavy (non-hydrogen) atoms. The van der Waals surface area contributed by atoms with Crippen LogP contribution in [0.5, 0.6) is 0 Å². The Balaban J connectivity index is 1.28. The molecule has 0 unspecified atom stereocenters. The van der Waals surface area contributed by atoms with Gasteiger partial charge in [0.2, 0.25) is 5.91 Å². The number of likely N-dealkylation sites (tertiary alicyclic amines) is 1. The molecular weight excluding hydrogens is 455 g/mol. The van der Waals surface area contributed by atoms with Crippen molar-refractivity contribution < 1.29 is 18.8 Å². The highest BCUT2D eigenvalue weighted by Crippen LogP contribution is 2.29. The number of thioether (sulfide) groups is 1. The van der Waals surface area contributed by atoms with E-state index in [1.807, 2.05) is 0 Å². The summed E-state index contributed by atoms with van der Waals surface area (Å²) in [7, 11) is 1.61. The predicted molar refractivity (Wildman–Crippen MR) is 131 cm³/mol. The lowest BCUT2D eigenvalue weighted by Crippen LogP contribution is -2.33. The third kappa shape index (κ3) is 5.83. The molecule has 1 saturated heterocycles. The van der Waals surface area contributed by atoms with Crippen LogP contribution in [0.25, 0.3) is 0 Å². The van der Waals surface area contributed by atoms with E-state index in [0.29, 0.717) is 16.8 Å². The van der Waals surface area contributed by atoms with Gasteiger partial charge in [-0.3, -0.25) is 14.4 Å². The van der Waals surface area contributed by atoms with Crippen LogP contribution >= 0.6 is 11.8 Å². The van der Waals surface area contributed by atoms with Crippen molar-refractivity contribution in [2.24, 2.45) is 4.99 Å². The molecule has 2 aliphatic rings. The second-order valence-electron chi connectivity index (χ2n) is 8.47. The lowest BCUT2D eigenvalue weighted by atomic mass is 10.1. The Labute approximate surface area is 202 Å². The predicted octanol–water partition coefficient (Wildman–Crippen LogP) is 3.91. The number of amides is 3. The van der Waals surface area contributed by atoms with E-state index >= 15 is 0 Å². The molecule has 0 radical (unpaired) electrons. The minimum atomic E-state index is -0.509. The Morgan fingerprint density at radius 1 is 1.12 bits per heavy atom. The van der Waals surface area contributed by atoms with Gasteiger partial charge in [0.25, 0.3) is 11.8 Å². The molecular formula is C25H27FN4O3S. The van der Waals surface area contributed by atoms with E-state index in [1.165, 1.54) is 29.1 Å². The molecule has 1 N–H and O–H groups in total. The number of benzene rings is 2. The summed E-state index contributed by atoms with van der Waals surface area (Å²) in [5.41, 5.74) is 1.40. The zero-order chi connectivity index (χ0) is 24.1. The van der Waals surface area contributed by atoms with Gasteiger partial charge >= 0.3 is 0 Å². The summed E-state index contributed by atoms with van der Waals surface area (Å²) in [6, 6.07) is 12.9. The number of piperidine rings is 1. The van der Waals surface area contributed by atoms with Crippen LogP contribution in [0.2, 0.25) is 0 Å². The second kappa shape index (κ2) is 10.8. The summed E-state index contributed by atoms with van der Waals surface area (Å²) >= 11 is 1.36. The van der Waals surface area contributed by atoms with Crippen LogP contribution in [0.1, 0.15) is 41.6 Å². The van der Waals surface area contributed by atoms with Crippen LogP contribution in [0, 0.1) is 5.82 Å². The number of nitrogens with zero attached hydrogens (tertiary/aromatic N) is 3. The van der Waals surface area contributed by atoms with Crippen LogP contribution < -0.4 is 5.32 Å². The number of carbonyl (C=O) groups is 3. The molecule has 2 aromatic carbocycles. The van der Waals surface area contributed by atoms with Crippen molar-refractivity contribution >= 4 is 40.3 Å². The standard InChI is InChI=1S/C25H27FN4O3S/c1-29(16-18-7-3-4-8-20(18)26)24(33)17-9-11-19(12-10-17)27-22(31)15-21-23(32)28-25(34-21)30-13-5-2-6-14-30/h3-4,7-12,21H,2,5-6,13-16H2,1H3,(H,27,31)/t21-/m1/s1. The summed E-state index contributed by atoms with van der Waals surface area (Å²) in [4.78, 5) is 45.2. The van der Waals surface area contributed by atoms with E-state index in [9.17, 15) is 18.8 Å². The first kappa shape index (κ1) is 23.9. The molecule has 2 aromatic rings. The third-order valence-corrected chi connectivity index (χ3v) is 7.07. The van der Waals surface area contributed by atoms with Gasteiger partial charge in [0.15, 0.2) is 5.17 Å². The van der Waals surface area contributed by atoms with E-state index < -0.39 is 5.25 Å². The van der Waals surface area contributed by atoms with Crippen LogP contribution in [0.15, 0.2) is 53.5 Å². The van der Waals surface area contributed by atoms with Gasteiger partial charge in [-0.05, 0) is 49.6 Å². The van der Waals surface area contributed by atoms with Crippen LogP contribution in [-0.4, -0.2) is 58.1 Å². The molecule has 0 saturated carbocycles. The summed E-state index contributed by atoms with van der Waals surface area (Å²) in [6.07, 6.45) is 3.42. The van der Waals surface area contributed by atoms with Gasteiger partial charge in [-0.1, -0.05) is 30.0 Å². The Morgan fingerprint density at radius 2 is 1.82 bits per heavy atom. The fourth-order valence-electron chi connectivity index (χ4n) is 3.98. The van der Waals surface area contributed by atoms with E-state index in [4.69, 9.17) is 0 Å². The van der Waals surface area contributed by atoms with Crippen LogP contribution in [-0.2, 0) is 16.1 Å². The van der Waals surface area contributed by atoms with Gasteiger partial charge in [0.05, 0.1) is 0 Å². The zero-order valence-corrected chi connectivity index (χ0v) is 19.8. The van der Waals surface area contributed by atoms with Gasteiger partial charge in [0, 0.05) is 49.9 Å². The number of halogens is 1. The van der Waals surface area contributed by atoms with Crippen molar-refractivity contribution in [3.05, 3.63) is 65.5 Å². The van der Waals surface area contributed by atoms with Gasteiger partial charge in [-0.25, -0.2) is 4.39 Å². The molecule has 1 fully saturated rings. The quantitative estimate of drug-likeness (QED) is 0.675. The maximum absolute atomic E-state index is 13.9. The zero-order valence-electron chi connectivity index (χ0n) is 19.0. The second-order valence-corrected chi connectivity index (χ2v) is 9.64. The largest absolute Gasteiger partial charge is 0.351 e. The normalized spacial score (nSPS) is 17.9. The topological polar surface area (TPSA) is 82.1 Å². The molecule has 178 valence electrons. The fourth-order valence-corrected chi connectivity index (χ4v) is 5.10. The Morgan fingerprint density at radius 3 is 2.53 bits per heavy atom. The number of rotatable bonds is 6.